The van der Waals surface area contributed by atoms with Gasteiger partial charge in [-0.1, -0.05) is 0 Å². The van der Waals surface area contributed by atoms with Crippen LogP contribution < -0.4 is 21.2 Å². The first-order chi connectivity index (χ1) is 10.1. The van der Waals surface area contributed by atoms with Crippen molar-refractivity contribution in [3.8, 4) is 11.5 Å². The van der Waals surface area contributed by atoms with E-state index in [9.17, 15) is 9.90 Å². The van der Waals surface area contributed by atoms with Crippen molar-refractivity contribution in [1.29, 1.82) is 0 Å². The highest BCUT2D eigenvalue weighted by molar-refractivity contribution is 5.91. The number of urea groups is 1. The maximum Gasteiger partial charge on any atom is 0.340 e. The lowest BCUT2D eigenvalue weighted by Crippen LogP contribution is -2.24. The number of hydrogen-bond donors (Lipinski definition) is 4. The quantitative estimate of drug-likeness (QED) is 0.474. The molecule has 110 valence electrons. The molecule has 0 fully saturated rings. The Morgan fingerprint density at radius 1 is 1.52 bits per heavy atom. The Labute approximate surface area is 118 Å². The minimum Gasteiger partial charge on any atom is -0.504 e. The number of phenolic OH excluding ortho intramolecular Hbond substituents is 1. The Hall–Kier alpha value is -3.30. The Morgan fingerprint density at radius 2 is 2.33 bits per heavy atom. The van der Waals surface area contributed by atoms with E-state index < -0.39 is 6.03 Å². The van der Waals surface area contributed by atoms with E-state index in [4.69, 9.17) is 10.5 Å². The number of carbonyl (C=O) groups is 1. The lowest BCUT2D eigenvalue weighted by molar-refractivity contribution is 0.252. The second kappa shape index (κ2) is 6.23. The predicted molar refractivity (Wildman–Crippen MR) is 73.1 cm³/mol. The third-order valence-corrected chi connectivity index (χ3v) is 2.33. The molecule has 0 saturated carbocycles. The molecular formula is C11H12N6O4. The van der Waals surface area contributed by atoms with Crippen molar-refractivity contribution >= 4 is 23.9 Å². The summed E-state index contributed by atoms with van der Waals surface area (Å²) in [6, 6.07) is 3.93. The summed E-state index contributed by atoms with van der Waals surface area (Å²) >= 11 is 0. The molecule has 0 spiro atoms. The van der Waals surface area contributed by atoms with Gasteiger partial charge in [-0.05, 0) is 34.1 Å². The van der Waals surface area contributed by atoms with E-state index in [-0.39, 0.29) is 17.4 Å². The summed E-state index contributed by atoms with van der Waals surface area (Å²) in [5, 5.41) is 22.1. The number of phenols is 1. The van der Waals surface area contributed by atoms with E-state index in [1.807, 2.05) is 0 Å². The Morgan fingerprint density at radius 3 is 3.00 bits per heavy atom. The highest BCUT2D eigenvalue weighted by Crippen LogP contribution is 2.25. The third-order valence-electron chi connectivity index (χ3n) is 2.33. The fraction of sp³-hybridized carbons (Fsp3) is 0.0909. The largest absolute Gasteiger partial charge is 0.504 e. The second-order valence-corrected chi connectivity index (χ2v) is 3.75. The Kier molecular flexibility index (Phi) is 4.19. The molecule has 0 bridgehead atoms. The topological polar surface area (TPSA) is 148 Å². The number of methoxy groups -OCH3 is 1. The number of rotatable bonds is 4. The number of nitrogen functional groups attached to an aromatic ring is 1. The van der Waals surface area contributed by atoms with Crippen molar-refractivity contribution in [2.75, 3.05) is 18.2 Å². The maximum absolute atomic E-state index is 11.5. The summed E-state index contributed by atoms with van der Waals surface area (Å²) in [5.41, 5.74) is 8.19. The van der Waals surface area contributed by atoms with Gasteiger partial charge in [0.2, 0.25) is 11.6 Å². The number of nitrogens with one attached hydrogen (secondary N) is 2. The second-order valence-electron chi connectivity index (χ2n) is 3.75. The van der Waals surface area contributed by atoms with Crippen LogP contribution in [0.15, 0.2) is 27.9 Å². The van der Waals surface area contributed by atoms with Crippen molar-refractivity contribution < 1.29 is 19.3 Å². The van der Waals surface area contributed by atoms with Gasteiger partial charge in [-0.2, -0.15) is 5.10 Å². The van der Waals surface area contributed by atoms with Crippen LogP contribution in [0.1, 0.15) is 5.56 Å². The highest BCUT2D eigenvalue weighted by atomic mass is 16.6. The van der Waals surface area contributed by atoms with Crippen molar-refractivity contribution in [2.24, 2.45) is 5.10 Å². The van der Waals surface area contributed by atoms with Gasteiger partial charge in [0.25, 0.3) is 0 Å². The fourth-order valence-electron chi connectivity index (χ4n) is 1.36. The number of benzene rings is 1. The molecule has 2 aromatic rings. The Balaban J connectivity index is 1.93. The van der Waals surface area contributed by atoms with E-state index in [2.05, 4.69) is 30.8 Å². The van der Waals surface area contributed by atoms with Crippen LogP contribution in [0.3, 0.4) is 0 Å². The molecule has 0 aliphatic heterocycles. The number of aromatic nitrogens is 2. The molecule has 1 aromatic carbocycles. The van der Waals surface area contributed by atoms with E-state index >= 15 is 0 Å². The zero-order valence-corrected chi connectivity index (χ0v) is 10.9. The SMILES string of the molecule is COc1cc(/C=N\NC(=O)Nc2nonc2N)ccc1O. The summed E-state index contributed by atoms with van der Waals surface area (Å²) in [7, 11) is 1.43. The molecule has 1 heterocycles. The number of hydrogen-bond acceptors (Lipinski definition) is 8. The number of amides is 2. The van der Waals surface area contributed by atoms with E-state index in [0.717, 1.165) is 0 Å². The van der Waals surface area contributed by atoms with Gasteiger partial charge < -0.3 is 15.6 Å². The molecule has 0 unspecified atom stereocenters. The summed E-state index contributed by atoms with van der Waals surface area (Å²) in [4.78, 5) is 11.5. The van der Waals surface area contributed by atoms with Gasteiger partial charge in [-0.25, -0.2) is 14.8 Å². The zero-order valence-electron chi connectivity index (χ0n) is 10.9. The molecule has 10 heteroatoms. The number of hydrazone groups is 1. The molecule has 0 radical (unpaired) electrons. The van der Waals surface area contributed by atoms with Crippen LogP contribution in [0.2, 0.25) is 0 Å². The first-order valence-corrected chi connectivity index (χ1v) is 5.65. The average molecular weight is 292 g/mol. The monoisotopic (exact) mass is 292 g/mol. The molecule has 21 heavy (non-hydrogen) atoms. The van der Waals surface area contributed by atoms with Crippen molar-refractivity contribution in [3.63, 3.8) is 0 Å². The highest BCUT2D eigenvalue weighted by Gasteiger charge is 2.09. The lowest BCUT2D eigenvalue weighted by Gasteiger charge is -2.03. The van der Waals surface area contributed by atoms with Gasteiger partial charge in [0.15, 0.2) is 11.5 Å². The van der Waals surface area contributed by atoms with Gasteiger partial charge >= 0.3 is 6.03 Å². The number of aromatic hydroxyl groups is 1. The van der Waals surface area contributed by atoms with Gasteiger partial charge in [0, 0.05) is 0 Å². The van der Waals surface area contributed by atoms with Crippen LogP contribution in [0, 0.1) is 0 Å². The first kappa shape index (κ1) is 14.1. The molecule has 10 nitrogen and oxygen atoms in total. The van der Waals surface area contributed by atoms with Gasteiger partial charge in [0.1, 0.15) is 0 Å². The number of carbonyl (C=O) groups excluding carboxylic acids is 1. The molecule has 1 aromatic heterocycles. The molecule has 0 atom stereocenters. The molecular weight excluding hydrogens is 280 g/mol. The van der Waals surface area contributed by atoms with E-state index in [1.165, 1.54) is 19.4 Å². The lowest BCUT2D eigenvalue weighted by atomic mass is 10.2. The average Bonchev–Trinajstić information content (AvgIpc) is 2.86. The van der Waals surface area contributed by atoms with Gasteiger partial charge in [-0.3, -0.25) is 5.32 Å². The van der Waals surface area contributed by atoms with Crippen molar-refractivity contribution in [2.45, 2.75) is 0 Å². The summed E-state index contributed by atoms with van der Waals surface area (Å²) in [6.07, 6.45) is 1.37. The Bertz CT molecular complexity index is 668. The molecule has 0 saturated heterocycles. The van der Waals surface area contributed by atoms with Crippen LogP contribution in [-0.4, -0.2) is 34.8 Å². The molecule has 5 N–H and O–H groups in total. The minimum atomic E-state index is -0.667. The summed E-state index contributed by atoms with van der Waals surface area (Å²) in [6.45, 7) is 0. The van der Waals surface area contributed by atoms with Crippen LogP contribution in [0.5, 0.6) is 11.5 Å². The third kappa shape index (κ3) is 3.59. The number of ether oxygens (including phenoxy) is 1. The van der Waals surface area contributed by atoms with Crippen LogP contribution in [-0.2, 0) is 0 Å². The van der Waals surface area contributed by atoms with Crippen molar-refractivity contribution in [1.82, 2.24) is 15.7 Å². The van der Waals surface area contributed by atoms with Crippen LogP contribution in [0.25, 0.3) is 0 Å². The van der Waals surface area contributed by atoms with Crippen molar-refractivity contribution in [3.05, 3.63) is 23.8 Å². The maximum atomic E-state index is 11.5. The van der Waals surface area contributed by atoms with Crippen LogP contribution in [0.4, 0.5) is 16.4 Å². The molecule has 0 aliphatic carbocycles. The predicted octanol–water partition coefficient (Wildman–Crippen LogP) is 0.522. The van der Waals surface area contributed by atoms with Crippen LogP contribution >= 0.6 is 0 Å². The standard InChI is InChI=1S/C11H12N6O4/c1-20-8-4-6(2-3-7(8)18)5-13-15-11(19)14-10-9(12)16-21-17-10/h2-5,18H,1H3,(H2,12,16)(H2,14,15,17,19)/b13-5-. The number of anilines is 2. The van der Waals surface area contributed by atoms with E-state index in [0.29, 0.717) is 11.3 Å². The number of nitrogens with two attached hydrogens (primary N) is 1. The molecule has 0 aliphatic rings. The fourth-order valence-corrected chi connectivity index (χ4v) is 1.36. The first-order valence-electron chi connectivity index (χ1n) is 5.65. The zero-order chi connectivity index (χ0) is 15.2. The summed E-state index contributed by atoms with van der Waals surface area (Å²) in [5.74, 6) is 0.255. The van der Waals surface area contributed by atoms with Gasteiger partial charge in [-0.15, -0.1) is 0 Å². The smallest absolute Gasteiger partial charge is 0.340 e. The molecule has 2 rings (SSSR count). The minimum absolute atomic E-state index is 0.00555. The van der Waals surface area contributed by atoms with Gasteiger partial charge in [0.05, 0.1) is 13.3 Å². The number of nitrogens with zero attached hydrogens (tertiary/aromatic N) is 3. The molecule has 2 amide bonds. The normalized spacial score (nSPS) is 10.5. The summed E-state index contributed by atoms with van der Waals surface area (Å²) < 4.78 is 9.26. The van der Waals surface area contributed by atoms with E-state index in [1.54, 1.807) is 12.1 Å².